The minimum absolute atomic E-state index is 0.186. The Hall–Kier alpha value is -2.44. The van der Waals surface area contributed by atoms with Crippen LogP contribution in [0.15, 0.2) is 18.6 Å². The zero-order valence-corrected chi connectivity index (χ0v) is 12.7. The molecule has 0 bridgehead atoms. The van der Waals surface area contributed by atoms with Gasteiger partial charge in [0, 0.05) is 25.5 Å². The number of hydrogen-bond acceptors (Lipinski definition) is 5. The van der Waals surface area contributed by atoms with Crippen LogP contribution >= 0.6 is 0 Å². The van der Waals surface area contributed by atoms with Gasteiger partial charge in [0.25, 0.3) is 5.91 Å². The second-order valence-corrected chi connectivity index (χ2v) is 4.90. The van der Waals surface area contributed by atoms with Crippen LogP contribution < -0.4 is 10.6 Å². The van der Waals surface area contributed by atoms with Crippen molar-refractivity contribution >= 4 is 11.6 Å². The molecule has 0 saturated heterocycles. The van der Waals surface area contributed by atoms with E-state index in [0.717, 1.165) is 17.9 Å². The molecule has 21 heavy (non-hydrogen) atoms. The molecule has 1 amide bonds. The highest BCUT2D eigenvalue weighted by Gasteiger charge is 2.18. The normalized spacial score (nSPS) is 12.0. The lowest BCUT2D eigenvalue weighted by Crippen LogP contribution is -2.29. The van der Waals surface area contributed by atoms with Gasteiger partial charge in [0.15, 0.2) is 5.82 Å². The van der Waals surface area contributed by atoms with Crippen LogP contribution in [0.1, 0.15) is 41.8 Å². The lowest BCUT2D eigenvalue weighted by molar-refractivity contribution is 0.0938. The highest BCUT2D eigenvalue weighted by atomic mass is 16.1. The molecule has 0 fully saturated rings. The Balaban J connectivity index is 2.19. The molecular weight excluding hydrogens is 268 g/mol. The van der Waals surface area contributed by atoms with Crippen LogP contribution in [0.2, 0.25) is 0 Å². The van der Waals surface area contributed by atoms with Crippen molar-refractivity contribution in [2.24, 2.45) is 7.05 Å². The van der Waals surface area contributed by atoms with Gasteiger partial charge in [-0.3, -0.25) is 9.78 Å². The molecule has 0 radical (unpaired) electrons. The summed E-state index contributed by atoms with van der Waals surface area (Å²) in [5.41, 5.74) is 2.17. The maximum atomic E-state index is 12.4. The number of nitrogens with one attached hydrogen (secondary N) is 2. The van der Waals surface area contributed by atoms with Crippen LogP contribution in [0.3, 0.4) is 0 Å². The predicted molar refractivity (Wildman–Crippen MR) is 80.0 cm³/mol. The molecular formula is C14H20N6O. The Bertz CT molecular complexity index is 636. The van der Waals surface area contributed by atoms with Crippen molar-refractivity contribution in [1.82, 2.24) is 25.1 Å². The van der Waals surface area contributed by atoms with Crippen LogP contribution in [-0.4, -0.2) is 32.2 Å². The number of amides is 1. The molecule has 7 nitrogen and oxygen atoms in total. The lowest BCUT2D eigenvalue weighted by atomic mass is 10.1. The fourth-order valence-electron chi connectivity index (χ4n) is 2.10. The molecule has 0 aliphatic carbocycles. The standard InChI is InChI=1S/C14H20N6O/c1-5-15-12-6-9(2)16-7-11(12)14(21)18-10(3)13-19-17-8-20(13)4/h6-8,10H,5H2,1-4H3,(H,15,16)(H,18,21). The largest absolute Gasteiger partial charge is 0.385 e. The van der Waals surface area contributed by atoms with E-state index >= 15 is 0 Å². The summed E-state index contributed by atoms with van der Waals surface area (Å²) >= 11 is 0. The summed E-state index contributed by atoms with van der Waals surface area (Å²) in [6, 6.07) is 1.63. The summed E-state index contributed by atoms with van der Waals surface area (Å²) in [5, 5.41) is 13.9. The van der Waals surface area contributed by atoms with Crippen molar-refractivity contribution in [2.75, 3.05) is 11.9 Å². The van der Waals surface area contributed by atoms with Gasteiger partial charge in [0.1, 0.15) is 6.33 Å². The number of aryl methyl sites for hydroxylation is 2. The molecule has 0 aromatic carbocycles. The minimum Gasteiger partial charge on any atom is -0.385 e. The number of carbonyl (C=O) groups excluding carboxylic acids is 1. The first-order valence-electron chi connectivity index (χ1n) is 6.88. The monoisotopic (exact) mass is 288 g/mol. The molecule has 2 heterocycles. The SMILES string of the molecule is CCNc1cc(C)ncc1C(=O)NC(C)c1nncn1C. The number of anilines is 1. The first-order valence-corrected chi connectivity index (χ1v) is 6.88. The highest BCUT2D eigenvalue weighted by molar-refractivity contribution is 5.99. The topological polar surface area (TPSA) is 84.7 Å². The summed E-state index contributed by atoms with van der Waals surface area (Å²) in [6.07, 6.45) is 3.20. The molecule has 2 aromatic rings. The van der Waals surface area contributed by atoms with E-state index in [0.29, 0.717) is 11.4 Å². The van der Waals surface area contributed by atoms with Crippen LogP contribution in [0, 0.1) is 6.92 Å². The highest BCUT2D eigenvalue weighted by Crippen LogP contribution is 2.17. The average Bonchev–Trinajstić information content (AvgIpc) is 2.85. The van der Waals surface area contributed by atoms with Gasteiger partial charge in [0.05, 0.1) is 17.3 Å². The summed E-state index contributed by atoms with van der Waals surface area (Å²) < 4.78 is 1.78. The molecule has 2 N–H and O–H groups in total. The summed E-state index contributed by atoms with van der Waals surface area (Å²) in [4.78, 5) is 16.6. The summed E-state index contributed by atoms with van der Waals surface area (Å²) in [7, 11) is 1.84. The van der Waals surface area contributed by atoms with E-state index in [1.54, 1.807) is 17.1 Å². The number of hydrogen-bond donors (Lipinski definition) is 2. The Morgan fingerprint density at radius 3 is 2.86 bits per heavy atom. The second kappa shape index (κ2) is 6.34. The Kier molecular flexibility index (Phi) is 4.52. The van der Waals surface area contributed by atoms with Crippen LogP contribution in [0.4, 0.5) is 5.69 Å². The van der Waals surface area contributed by atoms with Gasteiger partial charge < -0.3 is 15.2 Å². The van der Waals surface area contributed by atoms with Gasteiger partial charge in [-0.05, 0) is 26.8 Å². The number of nitrogens with zero attached hydrogens (tertiary/aromatic N) is 4. The van der Waals surface area contributed by atoms with Gasteiger partial charge >= 0.3 is 0 Å². The van der Waals surface area contributed by atoms with Crippen LogP contribution in [-0.2, 0) is 7.05 Å². The number of aromatic nitrogens is 4. The zero-order valence-electron chi connectivity index (χ0n) is 12.7. The Labute approximate surface area is 123 Å². The number of carbonyl (C=O) groups is 1. The van der Waals surface area contributed by atoms with Crippen molar-refractivity contribution in [1.29, 1.82) is 0 Å². The zero-order chi connectivity index (χ0) is 15.4. The first-order chi connectivity index (χ1) is 10.0. The van der Waals surface area contributed by atoms with E-state index in [9.17, 15) is 4.79 Å². The smallest absolute Gasteiger partial charge is 0.255 e. The van der Waals surface area contributed by atoms with E-state index in [2.05, 4.69) is 25.8 Å². The second-order valence-electron chi connectivity index (χ2n) is 4.90. The van der Waals surface area contributed by atoms with Crippen LogP contribution in [0.25, 0.3) is 0 Å². The van der Waals surface area contributed by atoms with E-state index in [1.807, 2.05) is 33.9 Å². The number of rotatable bonds is 5. The van der Waals surface area contributed by atoms with Gasteiger partial charge in [-0.15, -0.1) is 10.2 Å². The predicted octanol–water partition coefficient (Wildman–Crippen LogP) is 1.44. The maximum Gasteiger partial charge on any atom is 0.255 e. The van der Waals surface area contributed by atoms with Gasteiger partial charge in [-0.2, -0.15) is 0 Å². The van der Waals surface area contributed by atoms with Gasteiger partial charge in [0.2, 0.25) is 0 Å². The fourth-order valence-corrected chi connectivity index (χ4v) is 2.10. The average molecular weight is 288 g/mol. The summed E-state index contributed by atoms with van der Waals surface area (Å²) in [6.45, 7) is 6.49. The first kappa shape index (κ1) is 15.0. The third-order valence-corrected chi connectivity index (χ3v) is 3.13. The van der Waals surface area contributed by atoms with Crippen LogP contribution in [0.5, 0.6) is 0 Å². The van der Waals surface area contributed by atoms with Crippen molar-refractivity contribution in [3.63, 3.8) is 0 Å². The number of pyridine rings is 1. The third-order valence-electron chi connectivity index (χ3n) is 3.13. The van der Waals surface area contributed by atoms with Gasteiger partial charge in [-0.1, -0.05) is 0 Å². The van der Waals surface area contributed by atoms with Crippen molar-refractivity contribution in [3.05, 3.63) is 35.7 Å². The molecule has 0 aliphatic rings. The third kappa shape index (κ3) is 3.36. The minimum atomic E-state index is -0.235. The van der Waals surface area contributed by atoms with Crippen molar-refractivity contribution < 1.29 is 4.79 Å². The van der Waals surface area contributed by atoms with Crippen molar-refractivity contribution in [2.45, 2.75) is 26.8 Å². The fraction of sp³-hybridized carbons (Fsp3) is 0.429. The lowest BCUT2D eigenvalue weighted by Gasteiger charge is -2.15. The molecule has 0 aliphatic heterocycles. The molecule has 2 aromatic heterocycles. The van der Waals surface area contributed by atoms with E-state index in [1.165, 1.54) is 0 Å². The molecule has 0 saturated carbocycles. The molecule has 112 valence electrons. The molecule has 1 unspecified atom stereocenters. The molecule has 7 heteroatoms. The Morgan fingerprint density at radius 1 is 1.48 bits per heavy atom. The van der Waals surface area contributed by atoms with E-state index in [-0.39, 0.29) is 11.9 Å². The quantitative estimate of drug-likeness (QED) is 0.869. The van der Waals surface area contributed by atoms with Gasteiger partial charge in [-0.25, -0.2) is 0 Å². The summed E-state index contributed by atoms with van der Waals surface area (Å²) in [5.74, 6) is 0.516. The molecule has 1 atom stereocenters. The Morgan fingerprint density at radius 2 is 2.24 bits per heavy atom. The maximum absolute atomic E-state index is 12.4. The molecule has 0 spiro atoms. The molecule has 2 rings (SSSR count). The van der Waals surface area contributed by atoms with E-state index in [4.69, 9.17) is 0 Å². The van der Waals surface area contributed by atoms with E-state index < -0.39 is 0 Å². The van der Waals surface area contributed by atoms with Crippen molar-refractivity contribution in [3.8, 4) is 0 Å².